The van der Waals surface area contributed by atoms with Gasteiger partial charge < -0.3 is 15.5 Å². The Balaban J connectivity index is 1.32. The van der Waals surface area contributed by atoms with Gasteiger partial charge in [0.2, 0.25) is 5.91 Å². The summed E-state index contributed by atoms with van der Waals surface area (Å²) in [7, 11) is 3.59. The van der Waals surface area contributed by atoms with E-state index in [0.717, 1.165) is 50.8 Å². The molecule has 0 spiro atoms. The van der Waals surface area contributed by atoms with Gasteiger partial charge in [-0.25, -0.2) is 4.98 Å². The number of aromatic amines is 1. The zero-order chi connectivity index (χ0) is 24.0. The molecule has 1 aliphatic rings. The smallest absolute Gasteiger partial charge is 0.289 e. The van der Waals surface area contributed by atoms with Crippen LogP contribution in [0.4, 0.5) is 10.8 Å². The number of rotatable bonds is 4. The van der Waals surface area contributed by atoms with Crippen molar-refractivity contribution in [1.82, 2.24) is 19.7 Å². The van der Waals surface area contributed by atoms with E-state index in [1.54, 1.807) is 49.3 Å². The molecule has 0 aliphatic carbocycles. The Morgan fingerprint density at radius 2 is 1.82 bits per heavy atom. The van der Waals surface area contributed by atoms with Crippen molar-refractivity contribution in [3.05, 3.63) is 51.6 Å². The standard InChI is InChI=1S/C23H24N6O3S2/c1-27(2)21(31)14-7-9-28(10-8-14)23-25-20-17(34-23)12-18(33-20)22(32)29-19(30)11-16(26-29)13-3-5-15(24)6-4-13/h3-6,11-12,14,26H,7-10,24H2,1-2H3. The lowest BCUT2D eigenvalue weighted by atomic mass is 9.96. The molecular formula is C23H24N6O3S2. The molecular weight excluding hydrogens is 472 g/mol. The molecule has 3 N–H and O–H groups in total. The summed E-state index contributed by atoms with van der Waals surface area (Å²) in [6.07, 6.45) is 1.61. The number of nitrogens with one attached hydrogen (secondary N) is 1. The van der Waals surface area contributed by atoms with Crippen LogP contribution in [0, 0.1) is 5.92 Å². The number of carbonyl (C=O) groups excluding carboxylic acids is 2. The summed E-state index contributed by atoms with van der Waals surface area (Å²) in [6, 6.07) is 10.3. The molecule has 176 valence electrons. The van der Waals surface area contributed by atoms with Crippen LogP contribution < -0.4 is 16.2 Å². The third-order valence-corrected chi connectivity index (χ3v) is 8.20. The summed E-state index contributed by atoms with van der Waals surface area (Å²) in [5.41, 5.74) is 7.25. The molecule has 11 heteroatoms. The van der Waals surface area contributed by atoms with Gasteiger partial charge in [-0.05, 0) is 36.6 Å². The summed E-state index contributed by atoms with van der Waals surface area (Å²) in [5.74, 6) is -0.165. The number of nitrogens with two attached hydrogens (primary N) is 1. The van der Waals surface area contributed by atoms with E-state index in [4.69, 9.17) is 10.7 Å². The van der Waals surface area contributed by atoms with Crippen LogP contribution in [0.3, 0.4) is 0 Å². The number of hydrogen-bond donors (Lipinski definition) is 2. The van der Waals surface area contributed by atoms with Gasteiger partial charge in [0.25, 0.3) is 11.5 Å². The first-order valence-corrected chi connectivity index (χ1v) is 12.5. The number of nitrogen functional groups attached to an aromatic ring is 1. The highest BCUT2D eigenvalue weighted by Gasteiger charge is 2.28. The summed E-state index contributed by atoms with van der Waals surface area (Å²) in [6.45, 7) is 1.56. The van der Waals surface area contributed by atoms with Crippen LogP contribution >= 0.6 is 22.7 Å². The Labute approximate surface area is 203 Å². The van der Waals surface area contributed by atoms with Gasteiger partial charge >= 0.3 is 0 Å². The van der Waals surface area contributed by atoms with Crippen LogP contribution in [0.15, 0.2) is 41.2 Å². The van der Waals surface area contributed by atoms with Crippen molar-refractivity contribution in [3.63, 3.8) is 0 Å². The lowest BCUT2D eigenvalue weighted by molar-refractivity contribution is -0.133. The number of thiophene rings is 1. The Morgan fingerprint density at radius 1 is 1.12 bits per heavy atom. The Bertz CT molecular complexity index is 1390. The highest BCUT2D eigenvalue weighted by Crippen LogP contribution is 2.36. The zero-order valence-corrected chi connectivity index (χ0v) is 20.4. The van der Waals surface area contributed by atoms with Crippen molar-refractivity contribution < 1.29 is 9.59 Å². The molecule has 34 heavy (non-hydrogen) atoms. The molecule has 0 saturated carbocycles. The van der Waals surface area contributed by atoms with Gasteiger partial charge in [0, 0.05) is 44.9 Å². The molecule has 1 amide bonds. The number of fused-ring (bicyclic) bond motifs is 1. The van der Waals surface area contributed by atoms with Crippen LogP contribution in [0.1, 0.15) is 22.5 Å². The second kappa shape index (κ2) is 8.73. The monoisotopic (exact) mass is 496 g/mol. The van der Waals surface area contributed by atoms with Crippen LogP contribution in [0.2, 0.25) is 0 Å². The molecule has 5 rings (SSSR count). The highest BCUT2D eigenvalue weighted by atomic mass is 32.1. The fourth-order valence-electron chi connectivity index (χ4n) is 4.11. The zero-order valence-electron chi connectivity index (χ0n) is 18.8. The first kappa shape index (κ1) is 22.4. The van der Waals surface area contributed by atoms with E-state index >= 15 is 0 Å². The number of aromatic nitrogens is 3. The fraction of sp³-hybridized carbons (Fsp3) is 0.304. The van der Waals surface area contributed by atoms with E-state index in [2.05, 4.69) is 10.00 Å². The highest BCUT2D eigenvalue weighted by molar-refractivity contribution is 7.29. The largest absolute Gasteiger partial charge is 0.399 e. The van der Waals surface area contributed by atoms with Gasteiger partial charge in [0.1, 0.15) is 4.83 Å². The van der Waals surface area contributed by atoms with Gasteiger partial charge in [0.15, 0.2) is 5.13 Å². The predicted molar refractivity (Wildman–Crippen MR) is 136 cm³/mol. The minimum absolute atomic E-state index is 0.0637. The summed E-state index contributed by atoms with van der Waals surface area (Å²) >= 11 is 2.81. The van der Waals surface area contributed by atoms with Crippen molar-refractivity contribution in [2.24, 2.45) is 5.92 Å². The lowest BCUT2D eigenvalue weighted by Gasteiger charge is -2.32. The molecule has 1 aromatic carbocycles. The normalized spacial score (nSPS) is 14.6. The van der Waals surface area contributed by atoms with Crippen molar-refractivity contribution in [2.45, 2.75) is 12.8 Å². The second-order valence-electron chi connectivity index (χ2n) is 8.54. The number of amides is 1. The molecule has 0 unspecified atom stereocenters. The van der Waals surface area contributed by atoms with Crippen LogP contribution in [0.5, 0.6) is 0 Å². The number of hydrogen-bond acceptors (Lipinski definition) is 8. The van der Waals surface area contributed by atoms with Crippen molar-refractivity contribution in [3.8, 4) is 11.3 Å². The average molecular weight is 497 g/mol. The van der Waals surface area contributed by atoms with E-state index in [0.29, 0.717) is 16.3 Å². The number of benzene rings is 1. The number of nitrogens with zero attached hydrogens (tertiary/aromatic N) is 4. The maximum absolute atomic E-state index is 13.0. The van der Waals surface area contributed by atoms with Crippen molar-refractivity contribution >= 4 is 54.8 Å². The maximum atomic E-state index is 13.0. The third kappa shape index (κ3) is 4.12. The SMILES string of the molecule is CN(C)C(=O)C1CCN(c2nc3sc(C(=O)n4[nH]c(-c5ccc(N)cc5)cc4=O)cc3s2)CC1. The number of H-pyrrole nitrogens is 1. The molecule has 3 aromatic heterocycles. The van der Waals surface area contributed by atoms with Crippen molar-refractivity contribution in [2.75, 3.05) is 37.8 Å². The summed E-state index contributed by atoms with van der Waals surface area (Å²) < 4.78 is 1.93. The topological polar surface area (TPSA) is 117 Å². The fourth-order valence-corrected chi connectivity index (χ4v) is 6.31. The van der Waals surface area contributed by atoms with E-state index in [9.17, 15) is 14.4 Å². The van der Waals surface area contributed by atoms with E-state index in [-0.39, 0.29) is 11.8 Å². The molecule has 4 heterocycles. The van der Waals surface area contributed by atoms with E-state index in [1.807, 2.05) is 0 Å². The minimum Gasteiger partial charge on any atom is -0.399 e. The number of piperidine rings is 1. The molecule has 1 saturated heterocycles. The van der Waals surface area contributed by atoms with Gasteiger partial charge in [0.05, 0.1) is 15.3 Å². The minimum atomic E-state index is -0.419. The van der Waals surface area contributed by atoms with Gasteiger partial charge in [-0.15, -0.1) is 11.3 Å². The molecule has 0 atom stereocenters. The van der Waals surface area contributed by atoms with Crippen LogP contribution in [-0.4, -0.2) is 58.7 Å². The molecule has 0 bridgehead atoms. The number of anilines is 2. The first-order chi connectivity index (χ1) is 16.3. The Hall–Kier alpha value is -3.44. The van der Waals surface area contributed by atoms with Gasteiger partial charge in [-0.1, -0.05) is 23.5 Å². The van der Waals surface area contributed by atoms with Crippen LogP contribution in [-0.2, 0) is 4.79 Å². The quantitative estimate of drug-likeness (QED) is 0.419. The molecule has 9 nitrogen and oxygen atoms in total. The summed E-state index contributed by atoms with van der Waals surface area (Å²) in [4.78, 5) is 47.5. The van der Waals surface area contributed by atoms with Gasteiger partial charge in [-0.3, -0.25) is 19.5 Å². The molecule has 1 fully saturated rings. The maximum Gasteiger partial charge on any atom is 0.289 e. The van der Waals surface area contributed by atoms with E-state index in [1.165, 1.54) is 28.7 Å². The third-order valence-electron chi connectivity index (χ3n) is 5.99. The number of thiazole rings is 1. The Kier molecular flexibility index (Phi) is 5.74. The van der Waals surface area contributed by atoms with Crippen LogP contribution in [0.25, 0.3) is 20.8 Å². The molecule has 1 aliphatic heterocycles. The van der Waals surface area contributed by atoms with E-state index < -0.39 is 11.5 Å². The predicted octanol–water partition coefficient (Wildman–Crippen LogP) is 3.09. The number of carbonyl (C=O) groups is 2. The average Bonchev–Trinajstić information content (AvgIpc) is 3.52. The second-order valence-corrected chi connectivity index (χ2v) is 10.6. The van der Waals surface area contributed by atoms with Crippen molar-refractivity contribution in [1.29, 1.82) is 0 Å². The molecule has 0 radical (unpaired) electrons. The van der Waals surface area contributed by atoms with Gasteiger partial charge in [-0.2, -0.15) is 4.68 Å². The lowest BCUT2D eigenvalue weighted by Crippen LogP contribution is -2.40. The Morgan fingerprint density at radius 3 is 2.47 bits per heavy atom. The summed E-state index contributed by atoms with van der Waals surface area (Å²) in [5, 5.41) is 3.80. The molecule has 4 aromatic rings. The first-order valence-electron chi connectivity index (χ1n) is 10.9.